The number of ether oxygens (including phenoxy) is 1. The van der Waals surface area contributed by atoms with Crippen LogP contribution in [0, 0.1) is 5.92 Å². The van der Waals surface area contributed by atoms with Gasteiger partial charge in [0.25, 0.3) is 5.91 Å². The molecule has 1 saturated carbocycles. The van der Waals surface area contributed by atoms with E-state index in [0.29, 0.717) is 5.92 Å². The van der Waals surface area contributed by atoms with Gasteiger partial charge in [-0.15, -0.1) is 0 Å². The summed E-state index contributed by atoms with van der Waals surface area (Å²) in [5.74, 6) is 0.161. The minimum Gasteiger partial charge on any atom is -0.434 e. The molecule has 1 N–H and O–H groups in total. The van der Waals surface area contributed by atoms with Crippen LogP contribution in [0.1, 0.15) is 36.5 Å². The minimum atomic E-state index is -2.93. The highest BCUT2D eigenvalue weighted by molar-refractivity contribution is 5.97. The van der Waals surface area contributed by atoms with E-state index in [-0.39, 0.29) is 23.3 Å². The minimum absolute atomic E-state index is 0.0824. The van der Waals surface area contributed by atoms with E-state index in [0.717, 1.165) is 19.3 Å². The average Bonchev–Trinajstić information content (AvgIpc) is 2.74. The molecule has 1 aromatic rings. The molecule has 104 valence electrons. The Kier molecular flexibility index (Phi) is 4.35. The number of amides is 1. The molecule has 3 nitrogen and oxygen atoms in total. The number of alkyl halides is 2. The number of benzene rings is 1. The molecule has 1 aromatic carbocycles. The van der Waals surface area contributed by atoms with Crippen LogP contribution in [0.15, 0.2) is 24.3 Å². The molecule has 1 aliphatic carbocycles. The van der Waals surface area contributed by atoms with Crippen molar-refractivity contribution in [3.05, 3.63) is 29.8 Å². The highest BCUT2D eigenvalue weighted by Gasteiger charge is 2.24. The number of rotatable bonds is 4. The summed E-state index contributed by atoms with van der Waals surface area (Å²) in [6, 6.07) is 6.18. The van der Waals surface area contributed by atoms with Gasteiger partial charge in [-0.1, -0.05) is 19.1 Å². The summed E-state index contributed by atoms with van der Waals surface area (Å²) < 4.78 is 28.9. The van der Waals surface area contributed by atoms with Crippen molar-refractivity contribution in [3.8, 4) is 5.75 Å². The zero-order valence-electron chi connectivity index (χ0n) is 10.7. The lowest BCUT2D eigenvalue weighted by molar-refractivity contribution is -0.0501. The molecule has 0 saturated heterocycles. The largest absolute Gasteiger partial charge is 0.434 e. The highest BCUT2D eigenvalue weighted by atomic mass is 19.3. The molecule has 1 amide bonds. The zero-order chi connectivity index (χ0) is 13.8. The van der Waals surface area contributed by atoms with Gasteiger partial charge in [-0.3, -0.25) is 4.79 Å². The molecule has 19 heavy (non-hydrogen) atoms. The van der Waals surface area contributed by atoms with E-state index in [4.69, 9.17) is 0 Å². The third-order valence-electron chi connectivity index (χ3n) is 3.38. The molecule has 1 fully saturated rings. The number of para-hydroxylation sites is 1. The summed E-state index contributed by atoms with van der Waals surface area (Å²) in [7, 11) is 0. The van der Waals surface area contributed by atoms with E-state index < -0.39 is 6.61 Å². The van der Waals surface area contributed by atoms with Gasteiger partial charge in [0, 0.05) is 6.04 Å². The molecule has 2 unspecified atom stereocenters. The van der Waals surface area contributed by atoms with E-state index in [1.165, 1.54) is 12.1 Å². The Hall–Kier alpha value is -1.65. The lowest BCUT2D eigenvalue weighted by Crippen LogP contribution is -2.33. The predicted molar refractivity (Wildman–Crippen MR) is 67.3 cm³/mol. The van der Waals surface area contributed by atoms with Gasteiger partial charge in [0.1, 0.15) is 5.75 Å². The highest BCUT2D eigenvalue weighted by Crippen LogP contribution is 2.26. The van der Waals surface area contributed by atoms with Crippen LogP contribution in [-0.2, 0) is 0 Å². The number of nitrogens with one attached hydrogen (secondary N) is 1. The molecule has 0 radical (unpaired) electrons. The second-order valence-electron chi connectivity index (χ2n) is 4.96. The van der Waals surface area contributed by atoms with E-state index in [9.17, 15) is 13.6 Å². The SMILES string of the molecule is CC1CCC(NC(=O)c2ccccc2OC(F)F)C1. The first kappa shape index (κ1) is 13.8. The van der Waals surface area contributed by atoms with Crippen molar-refractivity contribution < 1.29 is 18.3 Å². The Labute approximate surface area is 111 Å². The molecule has 0 aromatic heterocycles. The summed E-state index contributed by atoms with van der Waals surface area (Å²) in [6.45, 7) is -0.791. The second-order valence-corrected chi connectivity index (χ2v) is 4.96. The summed E-state index contributed by atoms with van der Waals surface area (Å²) in [5, 5.41) is 2.88. The second kappa shape index (κ2) is 5.99. The first-order valence-corrected chi connectivity index (χ1v) is 6.41. The van der Waals surface area contributed by atoms with E-state index in [2.05, 4.69) is 17.0 Å². The molecule has 5 heteroatoms. The molecule has 0 aliphatic heterocycles. The van der Waals surface area contributed by atoms with Crippen LogP contribution >= 0.6 is 0 Å². The monoisotopic (exact) mass is 269 g/mol. The molecular weight excluding hydrogens is 252 g/mol. The van der Waals surface area contributed by atoms with Gasteiger partial charge in [0.05, 0.1) is 5.56 Å². The Bertz CT molecular complexity index is 451. The van der Waals surface area contributed by atoms with Crippen molar-refractivity contribution in [1.82, 2.24) is 5.32 Å². The quantitative estimate of drug-likeness (QED) is 0.911. The normalized spacial score (nSPS) is 22.5. The maximum absolute atomic E-state index is 12.3. The van der Waals surface area contributed by atoms with Gasteiger partial charge >= 0.3 is 6.61 Å². The summed E-state index contributed by atoms with van der Waals surface area (Å²) in [6.07, 6.45) is 2.95. The first-order valence-electron chi connectivity index (χ1n) is 6.41. The third-order valence-corrected chi connectivity index (χ3v) is 3.38. The molecular formula is C14H17F2NO2. The maximum Gasteiger partial charge on any atom is 0.387 e. The third kappa shape index (κ3) is 3.66. The van der Waals surface area contributed by atoms with Crippen LogP contribution in [0.5, 0.6) is 5.75 Å². The molecule has 1 aliphatic rings. The van der Waals surface area contributed by atoms with Crippen LogP contribution in [0.2, 0.25) is 0 Å². The smallest absolute Gasteiger partial charge is 0.387 e. The van der Waals surface area contributed by atoms with Gasteiger partial charge in [-0.2, -0.15) is 8.78 Å². The Morgan fingerprint density at radius 1 is 1.37 bits per heavy atom. The number of carbonyl (C=O) groups excluding carboxylic acids is 1. The fourth-order valence-corrected chi connectivity index (χ4v) is 2.45. The van der Waals surface area contributed by atoms with E-state index in [1.54, 1.807) is 12.1 Å². The summed E-state index contributed by atoms with van der Waals surface area (Å²) in [4.78, 5) is 12.1. The van der Waals surface area contributed by atoms with Crippen LogP contribution in [0.3, 0.4) is 0 Å². The van der Waals surface area contributed by atoms with Crippen molar-refractivity contribution in [1.29, 1.82) is 0 Å². The number of carbonyl (C=O) groups is 1. The van der Waals surface area contributed by atoms with Crippen LogP contribution in [0.4, 0.5) is 8.78 Å². The number of hydrogen-bond acceptors (Lipinski definition) is 2. The number of halogens is 2. The standard InChI is InChI=1S/C14H17F2NO2/c1-9-6-7-10(8-9)17-13(18)11-4-2-3-5-12(11)19-14(15)16/h2-5,9-10,14H,6-8H2,1H3,(H,17,18). The van der Waals surface area contributed by atoms with Gasteiger partial charge in [-0.25, -0.2) is 0 Å². The van der Waals surface area contributed by atoms with E-state index in [1.807, 2.05) is 0 Å². The van der Waals surface area contributed by atoms with Gasteiger partial charge in [-0.05, 0) is 37.3 Å². The Morgan fingerprint density at radius 2 is 2.11 bits per heavy atom. The topological polar surface area (TPSA) is 38.3 Å². The lowest BCUT2D eigenvalue weighted by atomic mass is 10.1. The average molecular weight is 269 g/mol. The zero-order valence-corrected chi connectivity index (χ0v) is 10.7. The van der Waals surface area contributed by atoms with Crippen LogP contribution < -0.4 is 10.1 Å². The first-order chi connectivity index (χ1) is 9.06. The van der Waals surface area contributed by atoms with Crippen molar-refractivity contribution in [2.24, 2.45) is 5.92 Å². The van der Waals surface area contributed by atoms with Crippen molar-refractivity contribution in [2.45, 2.75) is 38.8 Å². The molecule has 0 bridgehead atoms. The van der Waals surface area contributed by atoms with Crippen molar-refractivity contribution in [3.63, 3.8) is 0 Å². The predicted octanol–water partition coefficient (Wildman–Crippen LogP) is 3.21. The fraction of sp³-hybridized carbons (Fsp3) is 0.500. The lowest BCUT2D eigenvalue weighted by Gasteiger charge is -2.14. The van der Waals surface area contributed by atoms with Crippen molar-refractivity contribution >= 4 is 5.91 Å². The summed E-state index contributed by atoms with van der Waals surface area (Å²) in [5.41, 5.74) is 0.155. The summed E-state index contributed by atoms with van der Waals surface area (Å²) >= 11 is 0. The van der Waals surface area contributed by atoms with Gasteiger partial charge < -0.3 is 10.1 Å². The van der Waals surface area contributed by atoms with Crippen LogP contribution in [-0.4, -0.2) is 18.6 Å². The van der Waals surface area contributed by atoms with Crippen LogP contribution in [0.25, 0.3) is 0 Å². The van der Waals surface area contributed by atoms with E-state index >= 15 is 0 Å². The molecule has 0 spiro atoms. The van der Waals surface area contributed by atoms with Gasteiger partial charge in [0.15, 0.2) is 0 Å². The number of hydrogen-bond donors (Lipinski definition) is 1. The van der Waals surface area contributed by atoms with Gasteiger partial charge in [0.2, 0.25) is 0 Å². The Morgan fingerprint density at radius 3 is 2.74 bits per heavy atom. The molecule has 2 rings (SSSR count). The van der Waals surface area contributed by atoms with Crippen molar-refractivity contribution in [2.75, 3.05) is 0 Å². The fourth-order valence-electron chi connectivity index (χ4n) is 2.45. The maximum atomic E-state index is 12.3. The molecule has 0 heterocycles. The Balaban J connectivity index is 2.06. The molecule has 2 atom stereocenters.